The van der Waals surface area contributed by atoms with Crippen molar-refractivity contribution >= 4 is 46.4 Å². The zero-order valence-electron chi connectivity index (χ0n) is 41.2. The predicted molar refractivity (Wildman–Crippen MR) is 269 cm³/mol. The van der Waals surface area contributed by atoms with Gasteiger partial charge in [0.25, 0.3) is 5.91 Å². The van der Waals surface area contributed by atoms with Gasteiger partial charge in [-0.2, -0.15) is 5.26 Å². The molecule has 0 radical (unpaired) electrons. The van der Waals surface area contributed by atoms with Crippen molar-refractivity contribution in [2.75, 3.05) is 39.6 Å². The number of nitrogens with zero attached hydrogens (tertiary/aromatic N) is 3. The summed E-state index contributed by atoms with van der Waals surface area (Å²) >= 11 is 7.78. The highest BCUT2D eigenvalue weighted by atomic mass is 35.5. The van der Waals surface area contributed by atoms with Crippen LogP contribution in [0.1, 0.15) is 95.6 Å². The van der Waals surface area contributed by atoms with Crippen LogP contribution in [0, 0.1) is 33.5 Å². The summed E-state index contributed by atoms with van der Waals surface area (Å²) < 4.78 is 23.4. The van der Waals surface area contributed by atoms with E-state index < -0.39 is 23.5 Å². The molecule has 1 aliphatic carbocycles. The van der Waals surface area contributed by atoms with E-state index in [1.807, 2.05) is 51.2 Å². The molecule has 3 N–H and O–H groups in total. The van der Waals surface area contributed by atoms with E-state index in [1.165, 1.54) is 11.0 Å². The number of nitrogens with one attached hydrogen (secondary N) is 2. The summed E-state index contributed by atoms with van der Waals surface area (Å²) in [5.41, 5.74) is 3.41. The van der Waals surface area contributed by atoms with Crippen molar-refractivity contribution < 1.29 is 43.2 Å². The number of ether oxygens (including phenoxy) is 4. The number of aromatic nitrogens is 1. The van der Waals surface area contributed by atoms with Crippen LogP contribution in [0.25, 0.3) is 10.4 Å². The van der Waals surface area contributed by atoms with Crippen molar-refractivity contribution in [1.82, 2.24) is 20.5 Å². The van der Waals surface area contributed by atoms with E-state index in [4.69, 9.17) is 30.5 Å². The number of allylic oxidation sites excluding steroid dienone is 1. The molecule has 3 atom stereocenters. The van der Waals surface area contributed by atoms with Gasteiger partial charge >= 0.3 is 0 Å². The highest BCUT2D eigenvalue weighted by Gasteiger charge is 2.64. The summed E-state index contributed by atoms with van der Waals surface area (Å²) in [7, 11) is 0. The third-order valence-electron chi connectivity index (χ3n) is 13.1. The largest absolute Gasteiger partial charge is 0.494 e. The molecule has 2 aliphatic rings. The lowest BCUT2D eigenvalue weighted by Crippen LogP contribution is -2.74. The van der Waals surface area contributed by atoms with Crippen LogP contribution >= 0.6 is 22.9 Å². The number of carbonyl (C=O) groups is 4. The van der Waals surface area contributed by atoms with Gasteiger partial charge in [-0.05, 0) is 78.3 Å². The Morgan fingerprint density at radius 3 is 2.30 bits per heavy atom. The Morgan fingerprint density at radius 1 is 0.957 bits per heavy atom. The molecule has 2 heterocycles. The second-order valence-electron chi connectivity index (χ2n) is 20.2. The number of hydrogen-bond donors (Lipinski definition) is 3. The average Bonchev–Trinajstić information content (AvgIpc) is 4.01. The van der Waals surface area contributed by atoms with Crippen LogP contribution in [0.4, 0.5) is 0 Å². The number of nitriles is 1. The van der Waals surface area contributed by atoms with E-state index in [1.54, 1.807) is 65.4 Å². The standard InChI is InChI=1S/C54H66ClN5O9S/c1-52(2,3)43(49(65)60-32-40(62)27-45(60)48(64)58-30-35-13-15-36(16-14-35)46-31-57-34-70-46)12-10-11-39(61)33-67-26-25-66-23-8-9-24-68-41-20-17-37(18-21-41)47(63)59-50-53(4,5)51(54(50,6)7)69-42-22-19-38(29-56)44(55)28-42/h10-11,13-22,28,31,34,40,43,45,50-51,62H,8-9,12,23-27,30,32-33H2,1-7H3,(H,58,64)(H,59,63)/b11-10+/t40-,43?,45+,50-,51-/m1/s1. The van der Waals surface area contributed by atoms with Crippen molar-refractivity contribution in [2.24, 2.45) is 22.2 Å². The molecule has 3 aromatic carbocycles. The Labute approximate surface area is 420 Å². The molecule has 1 aromatic heterocycles. The van der Waals surface area contributed by atoms with E-state index in [2.05, 4.69) is 49.4 Å². The number of unbranched alkanes of at least 4 members (excludes halogenated alkanes) is 1. The number of β-amino-alcohol motifs (C(OH)–C–C–N with tert-alkyl or cyclic N) is 1. The van der Waals surface area contributed by atoms with Crippen molar-refractivity contribution in [3.63, 3.8) is 0 Å². The molecule has 0 spiro atoms. The normalized spacial score (nSPS) is 19.7. The van der Waals surface area contributed by atoms with Crippen LogP contribution in [0.5, 0.6) is 11.5 Å². The van der Waals surface area contributed by atoms with E-state index in [0.717, 1.165) is 28.8 Å². The van der Waals surface area contributed by atoms with Crippen LogP contribution in [0.15, 0.2) is 90.6 Å². The van der Waals surface area contributed by atoms with Crippen LogP contribution in [0.3, 0.4) is 0 Å². The SMILES string of the molecule is CC(C)(C)C(C/C=C/C(=O)COCCOCCCCOc1ccc(C(=O)N[C@H]2C(C)(C)[C@H](Oc3ccc(C#N)c(Cl)c3)C2(C)C)cc1)C(=O)N1C[C@H](O)C[C@H]1C(=O)NCc1ccc(-c2cncs2)cc1. The second-order valence-corrected chi connectivity index (χ2v) is 21.5. The predicted octanol–water partition coefficient (Wildman–Crippen LogP) is 8.60. The molecule has 4 aromatic rings. The smallest absolute Gasteiger partial charge is 0.251 e. The van der Waals surface area contributed by atoms with Gasteiger partial charge in [0.15, 0.2) is 5.78 Å². The molecule has 14 nitrogen and oxygen atoms in total. The monoisotopic (exact) mass is 995 g/mol. The molecule has 70 heavy (non-hydrogen) atoms. The number of carbonyl (C=O) groups excluding carboxylic acids is 4. The van der Waals surface area contributed by atoms with Crippen LogP contribution < -0.4 is 20.1 Å². The van der Waals surface area contributed by atoms with E-state index in [9.17, 15) is 29.5 Å². The molecule has 3 amide bonds. The zero-order valence-corrected chi connectivity index (χ0v) is 42.7. The van der Waals surface area contributed by atoms with Gasteiger partial charge in [-0.25, -0.2) is 0 Å². The zero-order chi connectivity index (χ0) is 50.6. The number of aliphatic hydroxyl groups is 1. The lowest BCUT2D eigenvalue weighted by atomic mass is 9.49. The summed E-state index contributed by atoms with van der Waals surface area (Å²) in [5.74, 6) is -0.271. The molecule has 1 saturated carbocycles. The fourth-order valence-corrected chi connectivity index (χ4v) is 10.4. The minimum Gasteiger partial charge on any atom is -0.494 e. The molecule has 1 aliphatic heterocycles. The molecule has 1 saturated heterocycles. The van der Waals surface area contributed by atoms with Gasteiger partial charge in [0, 0.05) is 66.7 Å². The molecular weight excluding hydrogens is 930 g/mol. The Hall–Kier alpha value is -5.63. The van der Waals surface area contributed by atoms with Gasteiger partial charge in [-0.3, -0.25) is 24.2 Å². The molecule has 16 heteroatoms. The minimum absolute atomic E-state index is 0.0658. The van der Waals surface area contributed by atoms with Gasteiger partial charge in [-0.1, -0.05) is 90.4 Å². The Balaban J connectivity index is 0.829. The van der Waals surface area contributed by atoms with E-state index >= 15 is 0 Å². The Bertz CT molecular complexity index is 2470. The van der Waals surface area contributed by atoms with Gasteiger partial charge < -0.3 is 39.6 Å². The van der Waals surface area contributed by atoms with Gasteiger partial charge in [0.05, 0.1) is 46.9 Å². The van der Waals surface area contributed by atoms with Crippen molar-refractivity contribution in [3.05, 3.63) is 112 Å². The summed E-state index contributed by atoms with van der Waals surface area (Å²) in [4.78, 5) is 60.0. The van der Waals surface area contributed by atoms with Crippen molar-refractivity contribution in [2.45, 2.75) is 105 Å². The molecule has 2 fully saturated rings. The third-order valence-corrected chi connectivity index (χ3v) is 14.3. The maximum absolute atomic E-state index is 14.0. The number of halogens is 1. The first-order valence-corrected chi connectivity index (χ1v) is 25.0. The van der Waals surface area contributed by atoms with Crippen LogP contribution in [-0.4, -0.2) is 102 Å². The van der Waals surface area contributed by atoms with E-state index in [0.29, 0.717) is 47.5 Å². The van der Waals surface area contributed by atoms with Crippen LogP contribution in [-0.2, 0) is 30.4 Å². The second kappa shape index (κ2) is 24.0. The fourth-order valence-electron chi connectivity index (χ4n) is 9.57. The first kappa shape index (κ1) is 53.7. The lowest BCUT2D eigenvalue weighted by Gasteiger charge is -2.63. The lowest BCUT2D eigenvalue weighted by molar-refractivity contribution is -0.164. The quantitative estimate of drug-likeness (QED) is 0.0477. The number of aliphatic hydroxyl groups excluding tert-OH is 1. The number of hydrogen-bond acceptors (Lipinski definition) is 12. The first-order valence-electron chi connectivity index (χ1n) is 23.8. The molecule has 0 bridgehead atoms. The highest BCUT2D eigenvalue weighted by Crippen LogP contribution is 2.55. The minimum atomic E-state index is -0.813. The fraction of sp³-hybridized carbons (Fsp3) is 0.481. The maximum atomic E-state index is 14.0. The summed E-state index contributed by atoms with van der Waals surface area (Å²) in [5, 5.41) is 26.2. The average molecular weight is 997 g/mol. The summed E-state index contributed by atoms with van der Waals surface area (Å²) in [6.45, 7) is 15.9. The van der Waals surface area contributed by atoms with Gasteiger partial charge in [0.1, 0.15) is 36.3 Å². The Kier molecular flexibility index (Phi) is 18.4. The number of rotatable bonds is 23. The van der Waals surface area contributed by atoms with Crippen molar-refractivity contribution in [1.29, 1.82) is 5.26 Å². The van der Waals surface area contributed by atoms with Crippen LogP contribution in [0.2, 0.25) is 5.02 Å². The molecular formula is C54H66ClN5O9S. The Morgan fingerprint density at radius 2 is 1.64 bits per heavy atom. The number of amides is 3. The first-order chi connectivity index (χ1) is 33.3. The van der Waals surface area contributed by atoms with Gasteiger partial charge in [0.2, 0.25) is 11.8 Å². The highest BCUT2D eigenvalue weighted by molar-refractivity contribution is 7.13. The van der Waals surface area contributed by atoms with Gasteiger partial charge in [-0.15, -0.1) is 11.3 Å². The molecule has 6 rings (SSSR count). The molecule has 1 unspecified atom stereocenters. The molecule has 374 valence electrons. The van der Waals surface area contributed by atoms with E-state index in [-0.39, 0.29) is 85.6 Å². The number of likely N-dealkylation sites (tertiary alicyclic amines) is 1. The summed E-state index contributed by atoms with van der Waals surface area (Å²) in [6, 6.07) is 21.0. The summed E-state index contributed by atoms with van der Waals surface area (Å²) in [6.07, 6.45) is 5.86. The maximum Gasteiger partial charge on any atom is 0.251 e. The number of ketones is 1. The number of benzene rings is 3. The third kappa shape index (κ3) is 13.8. The topological polar surface area (TPSA) is 189 Å². The number of thiazole rings is 1. The van der Waals surface area contributed by atoms with Crippen molar-refractivity contribution in [3.8, 4) is 28.0 Å².